The van der Waals surface area contributed by atoms with Gasteiger partial charge in [-0.2, -0.15) is 0 Å². The molecule has 0 saturated heterocycles. The standard InChI is InChI=1S/C17H27NO3/c1-6-15(13-8-10-14(21-5)11-9-13)16(19)18(7-2)12-17(3,4)20/h8-11,15,20H,6-7,12H2,1-5H3. The van der Waals surface area contributed by atoms with E-state index in [1.807, 2.05) is 38.1 Å². The Labute approximate surface area is 127 Å². The highest BCUT2D eigenvalue weighted by atomic mass is 16.5. The molecule has 0 radical (unpaired) electrons. The average Bonchev–Trinajstić information content (AvgIpc) is 2.45. The van der Waals surface area contributed by atoms with E-state index in [9.17, 15) is 9.90 Å². The molecule has 0 aliphatic rings. The molecule has 0 aliphatic carbocycles. The van der Waals surface area contributed by atoms with Crippen molar-refractivity contribution in [1.29, 1.82) is 0 Å². The molecule has 1 aromatic rings. The minimum atomic E-state index is -0.885. The molecule has 1 unspecified atom stereocenters. The summed E-state index contributed by atoms with van der Waals surface area (Å²) in [4.78, 5) is 14.4. The zero-order valence-electron chi connectivity index (χ0n) is 13.7. The van der Waals surface area contributed by atoms with Crippen LogP contribution in [0.15, 0.2) is 24.3 Å². The predicted molar refractivity (Wildman–Crippen MR) is 84.6 cm³/mol. The molecule has 1 rings (SSSR count). The number of benzene rings is 1. The molecular formula is C17H27NO3. The summed E-state index contributed by atoms with van der Waals surface area (Å²) in [6, 6.07) is 7.61. The van der Waals surface area contributed by atoms with Gasteiger partial charge in [-0.1, -0.05) is 19.1 Å². The topological polar surface area (TPSA) is 49.8 Å². The first kappa shape index (κ1) is 17.5. The van der Waals surface area contributed by atoms with Crippen LogP contribution in [0, 0.1) is 0 Å². The van der Waals surface area contributed by atoms with Crippen LogP contribution in [-0.4, -0.2) is 41.7 Å². The Bertz CT molecular complexity index is 448. The number of aliphatic hydroxyl groups is 1. The van der Waals surface area contributed by atoms with E-state index in [0.717, 1.165) is 17.7 Å². The highest BCUT2D eigenvalue weighted by Crippen LogP contribution is 2.25. The lowest BCUT2D eigenvalue weighted by Gasteiger charge is -2.31. The zero-order valence-corrected chi connectivity index (χ0v) is 13.7. The highest BCUT2D eigenvalue weighted by molar-refractivity contribution is 5.83. The molecule has 0 fully saturated rings. The van der Waals surface area contributed by atoms with Gasteiger partial charge < -0.3 is 14.7 Å². The van der Waals surface area contributed by atoms with Crippen LogP contribution in [0.25, 0.3) is 0 Å². The van der Waals surface area contributed by atoms with Gasteiger partial charge in [-0.3, -0.25) is 4.79 Å². The summed E-state index contributed by atoms with van der Waals surface area (Å²) in [6.07, 6.45) is 0.730. The maximum atomic E-state index is 12.7. The SMILES string of the molecule is CCC(C(=O)N(CC)CC(C)(C)O)c1ccc(OC)cc1. The molecule has 4 nitrogen and oxygen atoms in total. The van der Waals surface area contributed by atoms with Crippen molar-refractivity contribution in [2.75, 3.05) is 20.2 Å². The number of rotatable bonds is 7. The van der Waals surface area contributed by atoms with E-state index < -0.39 is 5.60 Å². The maximum absolute atomic E-state index is 12.7. The third-order valence-corrected chi connectivity index (χ3v) is 3.50. The number of carbonyl (C=O) groups excluding carboxylic acids is 1. The van der Waals surface area contributed by atoms with Gasteiger partial charge in [0.1, 0.15) is 5.75 Å². The Morgan fingerprint density at radius 3 is 2.24 bits per heavy atom. The summed E-state index contributed by atoms with van der Waals surface area (Å²) < 4.78 is 5.15. The van der Waals surface area contributed by atoms with Crippen LogP contribution in [0.1, 0.15) is 45.6 Å². The molecule has 0 aliphatic heterocycles. The van der Waals surface area contributed by atoms with Crippen molar-refractivity contribution >= 4 is 5.91 Å². The van der Waals surface area contributed by atoms with E-state index in [4.69, 9.17) is 4.74 Å². The third kappa shape index (κ3) is 5.05. The minimum Gasteiger partial charge on any atom is -0.497 e. The fraction of sp³-hybridized carbons (Fsp3) is 0.588. The van der Waals surface area contributed by atoms with Gasteiger partial charge in [-0.25, -0.2) is 0 Å². The lowest BCUT2D eigenvalue weighted by Crippen LogP contribution is -2.44. The first-order valence-electron chi connectivity index (χ1n) is 7.47. The number of ether oxygens (including phenoxy) is 1. The van der Waals surface area contributed by atoms with Gasteiger partial charge in [0.2, 0.25) is 5.91 Å². The fourth-order valence-electron chi connectivity index (χ4n) is 2.42. The molecule has 0 heterocycles. The molecule has 118 valence electrons. The molecule has 1 atom stereocenters. The summed E-state index contributed by atoms with van der Waals surface area (Å²) in [5.41, 5.74) is 0.0987. The normalized spacial score (nSPS) is 12.9. The van der Waals surface area contributed by atoms with Crippen molar-refractivity contribution in [2.24, 2.45) is 0 Å². The van der Waals surface area contributed by atoms with Crippen LogP contribution in [0.4, 0.5) is 0 Å². The molecule has 4 heteroatoms. The van der Waals surface area contributed by atoms with Crippen molar-refractivity contribution < 1.29 is 14.6 Å². The Balaban J connectivity index is 2.93. The van der Waals surface area contributed by atoms with Crippen LogP contribution in [0.2, 0.25) is 0 Å². The second-order valence-corrected chi connectivity index (χ2v) is 5.90. The number of hydrogen-bond acceptors (Lipinski definition) is 3. The van der Waals surface area contributed by atoms with E-state index in [1.54, 1.807) is 25.9 Å². The summed E-state index contributed by atoms with van der Waals surface area (Å²) in [6.45, 7) is 8.31. The van der Waals surface area contributed by atoms with Crippen molar-refractivity contribution in [1.82, 2.24) is 4.90 Å². The Morgan fingerprint density at radius 1 is 1.29 bits per heavy atom. The van der Waals surface area contributed by atoms with Crippen LogP contribution in [-0.2, 0) is 4.79 Å². The van der Waals surface area contributed by atoms with E-state index in [-0.39, 0.29) is 11.8 Å². The fourth-order valence-corrected chi connectivity index (χ4v) is 2.42. The van der Waals surface area contributed by atoms with Crippen molar-refractivity contribution in [2.45, 2.75) is 45.6 Å². The number of hydrogen-bond donors (Lipinski definition) is 1. The van der Waals surface area contributed by atoms with Crippen molar-refractivity contribution in [3.05, 3.63) is 29.8 Å². The predicted octanol–water partition coefficient (Wildman–Crippen LogP) is 2.81. The van der Waals surface area contributed by atoms with Crippen molar-refractivity contribution in [3.63, 3.8) is 0 Å². The van der Waals surface area contributed by atoms with E-state index in [1.165, 1.54) is 0 Å². The Morgan fingerprint density at radius 2 is 1.86 bits per heavy atom. The molecule has 0 aromatic heterocycles. The van der Waals surface area contributed by atoms with Crippen LogP contribution in [0.5, 0.6) is 5.75 Å². The largest absolute Gasteiger partial charge is 0.497 e. The van der Waals surface area contributed by atoms with Gasteiger partial charge >= 0.3 is 0 Å². The minimum absolute atomic E-state index is 0.0623. The summed E-state index contributed by atoms with van der Waals surface area (Å²) in [7, 11) is 1.62. The quantitative estimate of drug-likeness (QED) is 0.841. The maximum Gasteiger partial charge on any atom is 0.230 e. The molecule has 1 aromatic carbocycles. The number of nitrogens with zero attached hydrogens (tertiary/aromatic N) is 1. The zero-order chi connectivity index (χ0) is 16.0. The van der Waals surface area contributed by atoms with Gasteiger partial charge in [0.05, 0.1) is 18.6 Å². The smallest absolute Gasteiger partial charge is 0.230 e. The van der Waals surface area contributed by atoms with E-state index in [0.29, 0.717) is 13.1 Å². The number of amides is 1. The summed E-state index contributed by atoms with van der Waals surface area (Å²) >= 11 is 0. The molecule has 0 spiro atoms. The monoisotopic (exact) mass is 293 g/mol. The number of methoxy groups -OCH3 is 1. The molecule has 0 saturated carbocycles. The molecular weight excluding hydrogens is 266 g/mol. The van der Waals surface area contributed by atoms with Gasteiger partial charge in [0, 0.05) is 13.1 Å². The van der Waals surface area contributed by atoms with E-state index >= 15 is 0 Å². The van der Waals surface area contributed by atoms with Crippen LogP contribution < -0.4 is 4.74 Å². The second-order valence-electron chi connectivity index (χ2n) is 5.90. The lowest BCUT2D eigenvalue weighted by molar-refractivity contribution is -0.135. The lowest BCUT2D eigenvalue weighted by atomic mass is 9.94. The Kier molecular flexibility index (Phi) is 6.21. The first-order valence-corrected chi connectivity index (χ1v) is 7.47. The van der Waals surface area contributed by atoms with Gasteiger partial charge in [-0.05, 0) is 44.9 Å². The third-order valence-electron chi connectivity index (χ3n) is 3.50. The van der Waals surface area contributed by atoms with Gasteiger partial charge in [0.15, 0.2) is 0 Å². The second kappa shape index (κ2) is 7.46. The Hall–Kier alpha value is -1.55. The van der Waals surface area contributed by atoms with Gasteiger partial charge in [-0.15, -0.1) is 0 Å². The van der Waals surface area contributed by atoms with E-state index in [2.05, 4.69) is 0 Å². The highest BCUT2D eigenvalue weighted by Gasteiger charge is 2.27. The molecule has 0 bridgehead atoms. The summed E-state index contributed by atoms with van der Waals surface area (Å²) in [5.74, 6) is 0.662. The first-order chi connectivity index (χ1) is 9.82. The molecule has 1 N–H and O–H groups in total. The number of carbonyl (C=O) groups is 1. The summed E-state index contributed by atoms with van der Waals surface area (Å²) in [5, 5.41) is 9.95. The number of likely N-dealkylation sites (N-methyl/N-ethyl adjacent to an activating group) is 1. The average molecular weight is 293 g/mol. The molecule has 1 amide bonds. The van der Waals surface area contributed by atoms with Crippen LogP contribution >= 0.6 is 0 Å². The van der Waals surface area contributed by atoms with Crippen molar-refractivity contribution in [3.8, 4) is 5.75 Å². The van der Waals surface area contributed by atoms with Gasteiger partial charge in [0.25, 0.3) is 0 Å². The molecule has 21 heavy (non-hydrogen) atoms. The van der Waals surface area contributed by atoms with Crippen LogP contribution in [0.3, 0.4) is 0 Å².